The van der Waals surface area contributed by atoms with Crippen molar-refractivity contribution >= 4 is 17.7 Å². The van der Waals surface area contributed by atoms with E-state index in [0.717, 1.165) is 6.42 Å². The highest BCUT2D eigenvalue weighted by atomic mass is 32.2. The van der Waals surface area contributed by atoms with Gasteiger partial charge in [-0.05, 0) is 26.2 Å². The van der Waals surface area contributed by atoms with E-state index in [1.165, 1.54) is 32.1 Å². The van der Waals surface area contributed by atoms with E-state index < -0.39 is 0 Å². The Labute approximate surface area is 103 Å². The highest BCUT2D eigenvalue weighted by Gasteiger charge is 2.24. The zero-order valence-corrected chi connectivity index (χ0v) is 10.9. The maximum atomic E-state index is 11.7. The molecule has 3 heteroatoms. The van der Waals surface area contributed by atoms with Crippen molar-refractivity contribution in [3.05, 3.63) is 12.7 Å². The molecule has 1 aliphatic rings. The van der Waals surface area contributed by atoms with Gasteiger partial charge in [-0.25, -0.2) is 0 Å². The van der Waals surface area contributed by atoms with E-state index >= 15 is 0 Å². The smallest absolute Gasteiger partial charge is 0.319 e. The lowest BCUT2D eigenvalue weighted by molar-refractivity contribution is -0.142. The van der Waals surface area contributed by atoms with E-state index in [4.69, 9.17) is 4.74 Å². The first kappa shape index (κ1) is 13.6. The molecule has 0 saturated heterocycles. The summed E-state index contributed by atoms with van der Waals surface area (Å²) in [5.41, 5.74) is 0. The molecule has 2 nitrogen and oxygen atoms in total. The van der Waals surface area contributed by atoms with Gasteiger partial charge in [0.05, 0.1) is 6.61 Å². The van der Waals surface area contributed by atoms with Crippen molar-refractivity contribution in [2.45, 2.75) is 55.9 Å². The topological polar surface area (TPSA) is 26.3 Å². The molecule has 1 unspecified atom stereocenters. The Morgan fingerprint density at radius 2 is 2.19 bits per heavy atom. The van der Waals surface area contributed by atoms with Crippen molar-refractivity contribution in [3.63, 3.8) is 0 Å². The van der Waals surface area contributed by atoms with Crippen LogP contribution < -0.4 is 0 Å². The molecule has 0 aliphatic heterocycles. The van der Waals surface area contributed by atoms with Crippen LogP contribution in [0.3, 0.4) is 0 Å². The lowest BCUT2D eigenvalue weighted by Crippen LogP contribution is -2.23. The third kappa shape index (κ3) is 4.60. The van der Waals surface area contributed by atoms with E-state index in [2.05, 4.69) is 6.58 Å². The van der Waals surface area contributed by atoms with Crippen LogP contribution in [-0.4, -0.2) is 23.1 Å². The summed E-state index contributed by atoms with van der Waals surface area (Å²) in [5.74, 6) is -0.0713. The Hall–Kier alpha value is -0.440. The zero-order valence-electron chi connectivity index (χ0n) is 10.1. The largest absolute Gasteiger partial charge is 0.465 e. The lowest BCUT2D eigenvalue weighted by Gasteiger charge is -2.24. The van der Waals surface area contributed by atoms with Gasteiger partial charge in [0.1, 0.15) is 5.25 Å². The first-order valence-electron chi connectivity index (χ1n) is 6.21. The molecule has 1 fully saturated rings. The third-order valence-electron chi connectivity index (χ3n) is 2.84. The normalized spacial score (nSPS) is 19.1. The van der Waals surface area contributed by atoms with Gasteiger partial charge in [0, 0.05) is 5.25 Å². The molecular formula is C13H22O2S. The van der Waals surface area contributed by atoms with Crippen LogP contribution in [0.1, 0.15) is 45.4 Å². The van der Waals surface area contributed by atoms with Crippen molar-refractivity contribution in [3.8, 4) is 0 Å². The summed E-state index contributed by atoms with van der Waals surface area (Å²) < 4.78 is 5.09. The number of hydrogen-bond donors (Lipinski definition) is 0. The number of ether oxygens (including phenoxy) is 1. The molecule has 0 bridgehead atoms. The van der Waals surface area contributed by atoms with Gasteiger partial charge in [0.25, 0.3) is 0 Å². The van der Waals surface area contributed by atoms with Crippen molar-refractivity contribution in [1.29, 1.82) is 0 Å². The number of esters is 1. The third-order valence-corrected chi connectivity index (χ3v) is 4.41. The fraction of sp³-hybridized carbons (Fsp3) is 0.769. The van der Waals surface area contributed by atoms with Crippen LogP contribution in [0, 0.1) is 0 Å². The Bertz CT molecular complexity index is 222. The highest BCUT2D eigenvalue weighted by Crippen LogP contribution is 2.32. The highest BCUT2D eigenvalue weighted by molar-refractivity contribution is 8.01. The molecule has 0 spiro atoms. The van der Waals surface area contributed by atoms with Gasteiger partial charge in [-0.15, -0.1) is 18.3 Å². The summed E-state index contributed by atoms with van der Waals surface area (Å²) in [6.07, 6.45) is 9.00. The molecule has 1 saturated carbocycles. The van der Waals surface area contributed by atoms with Gasteiger partial charge in [-0.3, -0.25) is 4.79 Å². The molecule has 16 heavy (non-hydrogen) atoms. The molecule has 0 heterocycles. The van der Waals surface area contributed by atoms with Crippen LogP contribution in [0.5, 0.6) is 0 Å². The second-order valence-corrected chi connectivity index (χ2v) is 5.67. The van der Waals surface area contributed by atoms with E-state index in [9.17, 15) is 4.79 Å². The molecular weight excluding hydrogens is 220 g/mol. The van der Waals surface area contributed by atoms with E-state index in [-0.39, 0.29) is 11.2 Å². The monoisotopic (exact) mass is 242 g/mol. The number of carbonyl (C=O) groups excluding carboxylic acids is 1. The molecule has 0 N–H and O–H groups in total. The van der Waals surface area contributed by atoms with Gasteiger partial charge >= 0.3 is 5.97 Å². The van der Waals surface area contributed by atoms with E-state index in [1.54, 1.807) is 11.8 Å². The SMILES string of the molecule is C=CCC(SC1CCCCC1)C(=O)OCC. The van der Waals surface area contributed by atoms with Crippen LogP contribution in [-0.2, 0) is 9.53 Å². The molecule has 0 amide bonds. The second kappa shape index (κ2) is 7.77. The maximum absolute atomic E-state index is 11.7. The zero-order chi connectivity index (χ0) is 11.8. The summed E-state index contributed by atoms with van der Waals surface area (Å²) >= 11 is 1.79. The lowest BCUT2D eigenvalue weighted by atomic mass is 10.0. The first-order chi connectivity index (χ1) is 7.77. The summed E-state index contributed by atoms with van der Waals surface area (Å²) in [6.45, 7) is 6.04. The van der Waals surface area contributed by atoms with E-state index in [1.807, 2.05) is 13.0 Å². The second-order valence-electron chi connectivity index (χ2n) is 4.16. The van der Waals surface area contributed by atoms with Crippen molar-refractivity contribution in [2.24, 2.45) is 0 Å². The summed E-state index contributed by atoms with van der Waals surface area (Å²) in [6, 6.07) is 0. The molecule has 1 aliphatic carbocycles. The molecule has 1 rings (SSSR count). The molecule has 1 atom stereocenters. The van der Waals surface area contributed by atoms with Gasteiger partial charge in [-0.2, -0.15) is 0 Å². The quantitative estimate of drug-likeness (QED) is 0.526. The number of thioether (sulfide) groups is 1. The van der Waals surface area contributed by atoms with Gasteiger partial charge in [0.15, 0.2) is 0 Å². The molecule has 0 aromatic carbocycles. The van der Waals surface area contributed by atoms with Crippen LogP contribution in [0.25, 0.3) is 0 Å². The molecule has 92 valence electrons. The van der Waals surface area contributed by atoms with Crippen molar-refractivity contribution in [2.75, 3.05) is 6.61 Å². The Kier molecular flexibility index (Phi) is 6.62. The molecule has 0 aromatic heterocycles. The predicted octanol–water partition coefficient (Wildman–Crippen LogP) is 3.56. The fourth-order valence-corrected chi connectivity index (χ4v) is 3.52. The van der Waals surface area contributed by atoms with E-state index in [0.29, 0.717) is 11.9 Å². The van der Waals surface area contributed by atoms with Crippen LogP contribution in [0.15, 0.2) is 12.7 Å². The minimum atomic E-state index is -0.0713. The number of hydrogen-bond acceptors (Lipinski definition) is 3. The van der Waals surface area contributed by atoms with Gasteiger partial charge in [-0.1, -0.05) is 25.3 Å². The Balaban J connectivity index is 2.42. The average molecular weight is 242 g/mol. The van der Waals surface area contributed by atoms with Crippen LogP contribution in [0.4, 0.5) is 0 Å². The van der Waals surface area contributed by atoms with Gasteiger partial charge in [0.2, 0.25) is 0 Å². The number of allylic oxidation sites excluding steroid dienone is 1. The standard InChI is InChI=1S/C13H22O2S/c1-3-8-12(13(14)15-4-2)16-11-9-6-5-7-10-11/h3,11-12H,1,4-10H2,2H3. The summed E-state index contributed by atoms with van der Waals surface area (Å²) in [7, 11) is 0. The maximum Gasteiger partial charge on any atom is 0.319 e. The fourth-order valence-electron chi connectivity index (χ4n) is 2.03. The van der Waals surface area contributed by atoms with Crippen molar-refractivity contribution < 1.29 is 9.53 Å². The minimum Gasteiger partial charge on any atom is -0.465 e. The molecule has 0 aromatic rings. The Morgan fingerprint density at radius 3 is 2.75 bits per heavy atom. The van der Waals surface area contributed by atoms with Gasteiger partial charge < -0.3 is 4.74 Å². The predicted molar refractivity (Wildman–Crippen MR) is 69.7 cm³/mol. The van der Waals surface area contributed by atoms with Crippen LogP contribution >= 0.6 is 11.8 Å². The number of rotatable bonds is 6. The summed E-state index contributed by atoms with van der Waals surface area (Å²) in [5, 5.41) is 0.601. The first-order valence-corrected chi connectivity index (χ1v) is 7.15. The van der Waals surface area contributed by atoms with Crippen LogP contribution in [0.2, 0.25) is 0 Å². The Morgan fingerprint density at radius 1 is 1.50 bits per heavy atom. The minimum absolute atomic E-state index is 0.0412. The molecule has 0 radical (unpaired) electrons. The number of carbonyl (C=O) groups is 1. The van der Waals surface area contributed by atoms with Crippen molar-refractivity contribution in [1.82, 2.24) is 0 Å². The average Bonchev–Trinajstić information content (AvgIpc) is 2.30. The summed E-state index contributed by atoms with van der Waals surface area (Å²) in [4.78, 5) is 11.7.